The lowest BCUT2D eigenvalue weighted by molar-refractivity contribution is 0.102. The second-order valence-corrected chi connectivity index (χ2v) is 9.29. The van der Waals surface area contributed by atoms with E-state index in [9.17, 15) is 19.6 Å². The van der Waals surface area contributed by atoms with Gasteiger partial charge in [0.15, 0.2) is 5.82 Å². The average Bonchev–Trinajstić information content (AvgIpc) is 3.37. The lowest BCUT2D eigenvalue weighted by atomic mass is 10.0. The van der Waals surface area contributed by atoms with Crippen LogP contribution in [-0.2, 0) is 0 Å². The molecule has 4 aromatic rings. The number of benzene rings is 2. The molecule has 10 nitrogen and oxygen atoms in total. The highest BCUT2D eigenvalue weighted by atomic mass is 19.1. The Labute approximate surface area is 229 Å². The number of anilines is 2. The van der Waals surface area contributed by atoms with E-state index in [0.717, 1.165) is 0 Å². The van der Waals surface area contributed by atoms with Gasteiger partial charge in [-0.2, -0.15) is 5.26 Å². The van der Waals surface area contributed by atoms with Crippen LogP contribution in [0.1, 0.15) is 22.5 Å². The molecule has 0 bridgehead atoms. The fraction of sp³-hybridized carbons (Fsp3) is 0.207. The van der Waals surface area contributed by atoms with E-state index in [1.54, 1.807) is 36.7 Å². The summed E-state index contributed by atoms with van der Waals surface area (Å²) in [6.45, 7) is 0.335. The molecule has 1 saturated heterocycles. The Morgan fingerprint density at radius 2 is 2.12 bits per heavy atom. The van der Waals surface area contributed by atoms with Crippen LogP contribution >= 0.6 is 0 Å². The smallest absolute Gasteiger partial charge is 0.274 e. The summed E-state index contributed by atoms with van der Waals surface area (Å²) in [5, 5.41) is 22.5. The van der Waals surface area contributed by atoms with E-state index in [0.29, 0.717) is 41.0 Å². The maximum Gasteiger partial charge on any atom is 0.274 e. The van der Waals surface area contributed by atoms with Gasteiger partial charge in [-0.05, 0) is 48.4 Å². The Kier molecular flexibility index (Phi) is 7.63. The highest BCUT2D eigenvalue weighted by Gasteiger charge is 2.32. The van der Waals surface area contributed by atoms with E-state index in [4.69, 9.17) is 10.5 Å². The maximum absolute atomic E-state index is 14.6. The predicted octanol–water partition coefficient (Wildman–Crippen LogP) is 3.38. The third-order valence-electron chi connectivity index (χ3n) is 6.77. The SMILES string of the molecule is COc1cccc(F)c1-c1nccc(C(=O)Nc2ccc(-c3cnccc3C#N)cc2N2C[C@@H](N)C[C@H]2CO)n1. The van der Waals surface area contributed by atoms with Crippen molar-refractivity contribution >= 4 is 17.3 Å². The first-order valence-electron chi connectivity index (χ1n) is 12.5. The van der Waals surface area contributed by atoms with E-state index in [1.165, 1.54) is 31.5 Å². The number of nitriles is 1. The molecule has 1 aliphatic rings. The number of halogens is 1. The van der Waals surface area contributed by atoms with Crippen molar-refractivity contribution in [1.82, 2.24) is 15.0 Å². The molecule has 0 aliphatic carbocycles. The number of methoxy groups -OCH3 is 1. The number of amides is 1. The standard InChI is InChI=1S/C29H26FN7O3/c1-40-26-4-2-3-22(30)27(26)28-34-10-8-24(35-28)29(39)36-23-6-5-17(21-14-33-9-7-18(21)13-31)11-25(23)37-15-19(32)12-20(37)16-38/h2-11,14,19-20,38H,12,15-16,32H2,1H3,(H,36,39)/t19-,20-/m0/s1. The summed E-state index contributed by atoms with van der Waals surface area (Å²) < 4.78 is 19.9. The van der Waals surface area contributed by atoms with Gasteiger partial charge in [-0.1, -0.05) is 12.1 Å². The van der Waals surface area contributed by atoms with Crippen molar-refractivity contribution < 1.29 is 19.0 Å². The lowest BCUT2D eigenvalue weighted by Crippen LogP contribution is -2.33. The van der Waals surface area contributed by atoms with E-state index >= 15 is 0 Å². The number of rotatable bonds is 7. The zero-order chi connectivity index (χ0) is 28.2. The van der Waals surface area contributed by atoms with Crippen molar-refractivity contribution in [2.45, 2.75) is 18.5 Å². The molecule has 40 heavy (non-hydrogen) atoms. The van der Waals surface area contributed by atoms with Gasteiger partial charge < -0.3 is 25.8 Å². The van der Waals surface area contributed by atoms with Crippen LogP contribution in [0.4, 0.5) is 15.8 Å². The molecule has 3 heterocycles. The van der Waals surface area contributed by atoms with Gasteiger partial charge in [-0.3, -0.25) is 9.78 Å². The Balaban J connectivity index is 1.53. The van der Waals surface area contributed by atoms with Crippen molar-refractivity contribution in [2.24, 2.45) is 5.73 Å². The van der Waals surface area contributed by atoms with Gasteiger partial charge in [0.2, 0.25) is 0 Å². The number of pyridine rings is 1. The van der Waals surface area contributed by atoms with Crippen LogP contribution in [0.15, 0.2) is 67.1 Å². The predicted molar refractivity (Wildman–Crippen MR) is 147 cm³/mol. The molecule has 1 fully saturated rings. The molecule has 1 amide bonds. The number of nitrogens with one attached hydrogen (secondary N) is 1. The largest absolute Gasteiger partial charge is 0.496 e. The molecule has 202 valence electrons. The van der Waals surface area contributed by atoms with Crippen LogP contribution in [0.25, 0.3) is 22.5 Å². The molecule has 2 aromatic carbocycles. The van der Waals surface area contributed by atoms with Crippen molar-refractivity contribution in [3.63, 3.8) is 0 Å². The number of nitrogens with zero attached hydrogens (tertiary/aromatic N) is 5. The van der Waals surface area contributed by atoms with Gasteiger partial charge in [-0.15, -0.1) is 0 Å². The number of aromatic nitrogens is 3. The summed E-state index contributed by atoms with van der Waals surface area (Å²) in [6, 6.07) is 14.5. The molecule has 0 unspecified atom stereocenters. The molecule has 0 radical (unpaired) electrons. The van der Waals surface area contributed by atoms with Crippen LogP contribution in [0, 0.1) is 17.1 Å². The average molecular weight is 540 g/mol. The minimum absolute atomic E-state index is 0.00430. The maximum atomic E-state index is 14.6. The van der Waals surface area contributed by atoms with Crippen LogP contribution in [0.5, 0.6) is 5.75 Å². The van der Waals surface area contributed by atoms with Crippen molar-refractivity contribution in [3.8, 4) is 34.3 Å². The summed E-state index contributed by atoms with van der Waals surface area (Å²) in [7, 11) is 1.41. The van der Waals surface area contributed by atoms with E-state index in [-0.39, 0.29) is 41.5 Å². The zero-order valence-electron chi connectivity index (χ0n) is 21.6. The normalized spacial score (nSPS) is 16.4. The van der Waals surface area contributed by atoms with Crippen molar-refractivity contribution in [2.75, 3.05) is 30.5 Å². The van der Waals surface area contributed by atoms with Gasteiger partial charge in [0.1, 0.15) is 17.3 Å². The molecule has 5 rings (SSSR count). The Hall–Kier alpha value is -4.92. The van der Waals surface area contributed by atoms with Gasteiger partial charge in [-0.25, -0.2) is 14.4 Å². The van der Waals surface area contributed by atoms with Crippen molar-refractivity contribution in [1.29, 1.82) is 5.26 Å². The number of aliphatic hydroxyl groups is 1. The molecule has 0 saturated carbocycles. The summed E-state index contributed by atoms with van der Waals surface area (Å²) in [5.74, 6) is -0.883. The number of carbonyl (C=O) groups is 1. The summed E-state index contributed by atoms with van der Waals surface area (Å²) >= 11 is 0. The minimum atomic E-state index is -0.581. The molecule has 11 heteroatoms. The minimum Gasteiger partial charge on any atom is -0.496 e. The molecule has 1 aliphatic heterocycles. The quantitative estimate of drug-likeness (QED) is 0.321. The Bertz CT molecular complexity index is 1610. The Morgan fingerprint density at radius 3 is 2.90 bits per heavy atom. The zero-order valence-corrected chi connectivity index (χ0v) is 21.6. The lowest BCUT2D eigenvalue weighted by Gasteiger charge is -2.28. The van der Waals surface area contributed by atoms with Gasteiger partial charge in [0.05, 0.1) is 48.3 Å². The third kappa shape index (κ3) is 5.18. The second-order valence-electron chi connectivity index (χ2n) is 9.29. The van der Waals surface area contributed by atoms with Gasteiger partial charge in [0, 0.05) is 36.7 Å². The number of carbonyl (C=O) groups excluding carboxylic acids is 1. The van der Waals surface area contributed by atoms with E-state index in [2.05, 4.69) is 26.3 Å². The number of hydrogen-bond acceptors (Lipinski definition) is 9. The first-order valence-corrected chi connectivity index (χ1v) is 12.5. The molecule has 4 N–H and O–H groups in total. The van der Waals surface area contributed by atoms with E-state index in [1.807, 2.05) is 11.0 Å². The van der Waals surface area contributed by atoms with Crippen LogP contribution in [0.2, 0.25) is 0 Å². The number of nitrogens with two attached hydrogens (primary N) is 1. The summed E-state index contributed by atoms with van der Waals surface area (Å²) in [5.41, 5.74) is 9.15. The van der Waals surface area contributed by atoms with Gasteiger partial charge >= 0.3 is 0 Å². The summed E-state index contributed by atoms with van der Waals surface area (Å²) in [4.78, 5) is 28.0. The van der Waals surface area contributed by atoms with Gasteiger partial charge in [0.25, 0.3) is 5.91 Å². The second kappa shape index (κ2) is 11.4. The molecule has 2 aromatic heterocycles. The van der Waals surface area contributed by atoms with E-state index < -0.39 is 11.7 Å². The molecular formula is C29H26FN7O3. The topological polar surface area (TPSA) is 150 Å². The first kappa shape index (κ1) is 26.7. The number of ether oxygens (including phenoxy) is 1. The fourth-order valence-electron chi connectivity index (χ4n) is 4.87. The summed E-state index contributed by atoms with van der Waals surface area (Å²) in [6.07, 6.45) is 5.10. The molecule has 2 atom stereocenters. The number of hydrogen-bond donors (Lipinski definition) is 3. The highest BCUT2D eigenvalue weighted by Crippen LogP contribution is 2.37. The molecular weight excluding hydrogens is 513 g/mol. The Morgan fingerprint density at radius 1 is 1.27 bits per heavy atom. The van der Waals surface area contributed by atoms with Crippen LogP contribution < -0.4 is 20.7 Å². The first-order chi connectivity index (χ1) is 19.4. The monoisotopic (exact) mass is 539 g/mol. The van der Waals surface area contributed by atoms with Crippen LogP contribution in [0.3, 0.4) is 0 Å². The third-order valence-corrected chi connectivity index (χ3v) is 6.77. The van der Waals surface area contributed by atoms with Crippen molar-refractivity contribution in [3.05, 3.63) is 84.2 Å². The number of aliphatic hydroxyl groups excluding tert-OH is 1. The van der Waals surface area contributed by atoms with Crippen LogP contribution in [-0.4, -0.2) is 58.3 Å². The molecule has 0 spiro atoms. The highest BCUT2D eigenvalue weighted by molar-refractivity contribution is 6.05. The fourth-order valence-corrected chi connectivity index (χ4v) is 4.87.